The van der Waals surface area contributed by atoms with Crippen LogP contribution in [0, 0.1) is 5.92 Å². The van der Waals surface area contributed by atoms with Gasteiger partial charge in [-0.25, -0.2) is 4.98 Å². The highest BCUT2D eigenvalue weighted by atomic mass is 16.5. The molecule has 0 spiro atoms. The van der Waals surface area contributed by atoms with Gasteiger partial charge >= 0.3 is 0 Å². The summed E-state index contributed by atoms with van der Waals surface area (Å²) in [5.74, 6) is 1.84. The molecule has 0 bridgehead atoms. The van der Waals surface area contributed by atoms with Crippen molar-refractivity contribution in [3.8, 4) is 0 Å². The minimum atomic E-state index is -0.244. The monoisotopic (exact) mass is 318 g/mol. The van der Waals surface area contributed by atoms with Crippen LogP contribution < -0.4 is 15.5 Å². The van der Waals surface area contributed by atoms with Crippen LogP contribution in [0.3, 0.4) is 0 Å². The fourth-order valence-electron chi connectivity index (χ4n) is 2.99. The summed E-state index contributed by atoms with van der Waals surface area (Å²) in [4.78, 5) is 18.9. The number of ether oxygens (including phenoxy) is 1. The third-order valence-corrected chi connectivity index (χ3v) is 4.62. The van der Waals surface area contributed by atoms with Crippen molar-refractivity contribution in [2.45, 2.75) is 32.4 Å². The first-order valence-electron chi connectivity index (χ1n) is 8.51. The number of morpholine rings is 1. The lowest BCUT2D eigenvalue weighted by atomic mass is 9.99. The molecule has 0 saturated carbocycles. The molecule has 2 aliphatic heterocycles. The molecular formula is C17H26N4O2. The molecule has 1 aromatic heterocycles. The summed E-state index contributed by atoms with van der Waals surface area (Å²) in [7, 11) is 0. The first-order valence-corrected chi connectivity index (χ1v) is 8.51. The summed E-state index contributed by atoms with van der Waals surface area (Å²) < 4.78 is 5.30. The van der Waals surface area contributed by atoms with Gasteiger partial charge in [0.2, 0.25) is 5.91 Å². The Morgan fingerprint density at radius 2 is 2.26 bits per heavy atom. The number of pyridine rings is 1. The quantitative estimate of drug-likeness (QED) is 0.864. The zero-order chi connectivity index (χ0) is 16.1. The van der Waals surface area contributed by atoms with Crippen LogP contribution in [0.5, 0.6) is 0 Å². The molecule has 126 valence electrons. The maximum absolute atomic E-state index is 12.0. The van der Waals surface area contributed by atoms with E-state index < -0.39 is 0 Å². The Morgan fingerprint density at radius 1 is 1.43 bits per heavy atom. The highest BCUT2D eigenvalue weighted by molar-refractivity contribution is 5.81. The molecule has 0 radical (unpaired) electrons. The van der Waals surface area contributed by atoms with E-state index in [0.29, 0.717) is 19.8 Å². The number of amides is 1. The molecule has 3 heterocycles. The van der Waals surface area contributed by atoms with Crippen LogP contribution in [0.25, 0.3) is 0 Å². The third kappa shape index (κ3) is 4.42. The minimum absolute atomic E-state index is 0.0150. The molecule has 6 heteroatoms. The van der Waals surface area contributed by atoms with Crippen LogP contribution in [0.2, 0.25) is 0 Å². The first kappa shape index (κ1) is 16.2. The molecule has 3 rings (SSSR count). The van der Waals surface area contributed by atoms with Gasteiger partial charge in [-0.2, -0.15) is 0 Å². The van der Waals surface area contributed by atoms with E-state index in [1.54, 1.807) is 0 Å². The summed E-state index contributed by atoms with van der Waals surface area (Å²) in [6, 6.07) is 3.86. The Hall–Kier alpha value is -1.66. The van der Waals surface area contributed by atoms with E-state index in [0.717, 1.165) is 36.9 Å². The van der Waals surface area contributed by atoms with Crippen LogP contribution in [0.4, 0.5) is 5.82 Å². The fourth-order valence-corrected chi connectivity index (χ4v) is 2.99. The van der Waals surface area contributed by atoms with E-state index in [1.165, 1.54) is 12.8 Å². The average Bonchev–Trinajstić information content (AvgIpc) is 2.61. The van der Waals surface area contributed by atoms with Crippen LogP contribution >= 0.6 is 0 Å². The first-order chi connectivity index (χ1) is 11.2. The average molecular weight is 318 g/mol. The Morgan fingerprint density at radius 3 is 2.91 bits per heavy atom. The van der Waals surface area contributed by atoms with Crippen LogP contribution in [0.15, 0.2) is 18.3 Å². The summed E-state index contributed by atoms with van der Waals surface area (Å²) in [5, 5.41) is 6.09. The molecular weight excluding hydrogens is 292 g/mol. The van der Waals surface area contributed by atoms with Crippen molar-refractivity contribution in [2.24, 2.45) is 5.92 Å². The molecule has 2 aliphatic rings. The van der Waals surface area contributed by atoms with Gasteiger partial charge in [0.15, 0.2) is 0 Å². The van der Waals surface area contributed by atoms with E-state index >= 15 is 0 Å². The highest BCUT2D eigenvalue weighted by Crippen LogP contribution is 2.21. The van der Waals surface area contributed by atoms with Crippen LogP contribution in [0.1, 0.15) is 25.3 Å². The maximum Gasteiger partial charge on any atom is 0.239 e. The number of carbonyl (C=O) groups is 1. The molecule has 0 aliphatic carbocycles. The Kier molecular flexibility index (Phi) is 5.46. The van der Waals surface area contributed by atoms with E-state index in [4.69, 9.17) is 4.74 Å². The number of rotatable bonds is 4. The van der Waals surface area contributed by atoms with Crippen LogP contribution in [-0.2, 0) is 16.1 Å². The number of nitrogens with zero attached hydrogens (tertiary/aromatic N) is 2. The summed E-state index contributed by atoms with van der Waals surface area (Å²) >= 11 is 0. The van der Waals surface area contributed by atoms with Gasteiger partial charge in [-0.15, -0.1) is 0 Å². The van der Waals surface area contributed by atoms with E-state index in [2.05, 4.69) is 33.5 Å². The van der Waals surface area contributed by atoms with Gasteiger partial charge in [0.25, 0.3) is 0 Å². The van der Waals surface area contributed by atoms with Gasteiger partial charge in [0, 0.05) is 32.4 Å². The molecule has 1 aromatic rings. The number of carbonyl (C=O) groups excluding carboxylic acids is 1. The fraction of sp³-hybridized carbons (Fsp3) is 0.647. The highest BCUT2D eigenvalue weighted by Gasteiger charge is 2.21. The number of hydrogen-bond donors (Lipinski definition) is 2. The lowest BCUT2D eigenvalue weighted by Gasteiger charge is -2.31. The van der Waals surface area contributed by atoms with Gasteiger partial charge < -0.3 is 20.3 Å². The largest absolute Gasteiger partial charge is 0.378 e. The van der Waals surface area contributed by atoms with Gasteiger partial charge in [-0.1, -0.05) is 13.0 Å². The zero-order valence-electron chi connectivity index (χ0n) is 13.8. The van der Waals surface area contributed by atoms with Gasteiger partial charge in [-0.3, -0.25) is 4.79 Å². The predicted molar refractivity (Wildman–Crippen MR) is 89.3 cm³/mol. The molecule has 0 aromatic carbocycles. The number of anilines is 1. The number of aromatic nitrogens is 1. The van der Waals surface area contributed by atoms with Gasteiger partial charge in [-0.05, 0) is 30.4 Å². The Labute approximate surface area is 137 Å². The molecule has 1 amide bonds. The summed E-state index contributed by atoms with van der Waals surface area (Å²) in [5.41, 5.74) is 1.02. The molecule has 1 atom stereocenters. The second kappa shape index (κ2) is 7.75. The smallest absolute Gasteiger partial charge is 0.239 e. The number of nitrogens with one attached hydrogen (secondary N) is 2. The summed E-state index contributed by atoms with van der Waals surface area (Å²) in [6.45, 7) is 6.81. The zero-order valence-corrected chi connectivity index (χ0v) is 13.8. The van der Waals surface area contributed by atoms with Crippen molar-refractivity contribution in [3.63, 3.8) is 0 Å². The predicted octanol–water partition coefficient (Wildman–Crippen LogP) is 0.923. The molecule has 2 N–H and O–H groups in total. The topological polar surface area (TPSA) is 66.5 Å². The van der Waals surface area contributed by atoms with Crippen molar-refractivity contribution in [2.75, 3.05) is 37.7 Å². The van der Waals surface area contributed by atoms with Gasteiger partial charge in [0.05, 0.1) is 13.2 Å². The van der Waals surface area contributed by atoms with E-state index in [-0.39, 0.29) is 11.9 Å². The maximum atomic E-state index is 12.0. The second-order valence-electron chi connectivity index (χ2n) is 6.49. The number of hydrogen-bond acceptors (Lipinski definition) is 5. The SMILES string of the molecule is CC1CCN(c2ccc(CNC(=O)C3COCCN3)cn2)CC1. The van der Waals surface area contributed by atoms with Crippen molar-refractivity contribution in [1.82, 2.24) is 15.6 Å². The standard InChI is InChI=1S/C17H26N4O2/c1-13-4-7-21(8-5-13)16-3-2-14(10-19-16)11-20-17(22)15-12-23-9-6-18-15/h2-3,10,13,15,18H,4-9,11-12H2,1H3,(H,20,22). The van der Waals surface area contributed by atoms with Gasteiger partial charge in [0.1, 0.15) is 11.9 Å². The third-order valence-electron chi connectivity index (χ3n) is 4.62. The Bertz CT molecular complexity index is 506. The summed E-state index contributed by atoms with van der Waals surface area (Å²) in [6.07, 6.45) is 4.32. The lowest BCUT2D eigenvalue weighted by molar-refractivity contribution is -0.126. The second-order valence-corrected chi connectivity index (χ2v) is 6.49. The molecule has 23 heavy (non-hydrogen) atoms. The molecule has 1 unspecified atom stereocenters. The van der Waals surface area contributed by atoms with Crippen LogP contribution in [-0.4, -0.2) is 49.8 Å². The van der Waals surface area contributed by atoms with Crippen molar-refractivity contribution in [1.29, 1.82) is 0 Å². The molecule has 6 nitrogen and oxygen atoms in total. The minimum Gasteiger partial charge on any atom is -0.378 e. The Balaban J connectivity index is 1.48. The number of piperidine rings is 1. The lowest BCUT2D eigenvalue weighted by Crippen LogP contribution is -2.51. The van der Waals surface area contributed by atoms with Crippen molar-refractivity contribution < 1.29 is 9.53 Å². The van der Waals surface area contributed by atoms with Crippen molar-refractivity contribution >= 4 is 11.7 Å². The van der Waals surface area contributed by atoms with E-state index in [1.807, 2.05) is 12.3 Å². The molecule has 2 fully saturated rings. The van der Waals surface area contributed by atoms with Crippen molar-refractivity contribution in [3.05, 3.63) is 23.9 Å². The normalized spacial score (nSPS) is 22.8. The van der Waals surface area contributed by atoms with E-state index in [9.17, 15) is 4.79 Å². The molecule has 2 saturated heterocycles.